The number of hydrogen-bond acceptors (Lipinski definition) is 2. The highest BCUT2D eigenvalue weighted by atomic mass is 16.5. The molecule has 0 aliphatic heterocycles. The van der Waals surface area contributed by atoms with E-state index in [0.29, 0.717) is 6.61 Å². The summed E-state index contributed by atoms with van der Waals surface area (Å²) in [4.78, 5) is 0. The zero-order valence-corrected chi connectivity index (χ0v) is 19.8. The lowest BCUT2D eigenvalue weighted by Crippen LogP contribution is -2.09. The first kappa shape index (κ1) is 22.5. The van der Waals surface area contributed by atoms with E-state index in [1.165, 1.54) is 5.56 Å². The fourth-order valence-electron chi connectivity index (χ4n) is 4.60. The molecule has 5 aromatic rings. The Hall–Kier alpha value is -4.30. The highest BCUT2D eigenvalue weighted by Gasteiger charge is 2.25. The van der Waals surface area contributed by atoms with Crippen LogP contribution >= 0.6 is 0 Å². The molecule has 35 heavy (non-hydrogen) atoms. The second kappa shape index (κ2) is 10.8. The molecule has 1 atom stereocenters. The van der Waals surface area contributed by atoms with Crippen molar-refractivity contribution in [2.75, 3.05) is 7.11 Å². The molecular weight excluding hydrogens is 428 g/mol. The van der Waals surface area contributed by atoms with E-state index in [4.69, 9.17) is 9.47 Å². The van der Waals surface area contributed by atoms with Gasteiger partial charge in [0, 0.05) is 22.6 Å². The van der Waals surface area contributed by atoms with Gasteiger partial charge >= 0.3 is 0 Å². The average molecular weight is 457 g/mol. The van der Waals surface area contributed by atoms with E-state index in [-0.39, 0.29) is 5.92 Å². The molecule has 0 saturated heterocycles. The summed E-state index contributed by atoms with van der Waals surface area (Å²) in [5.41, 5.74) is 6.75. The lowest BCUT2D eigenvalue weighted by Gasteiger charge is -2.25. The fraction of sp³-hybridized carbons (Fsp3) is 0.0909. The summed E-state index contributed by atoms with van der Waals surface area (Å²) >= 11 is 0. The molecule has 0 aromatic heterocycles. The molecule has 2 nitrogen and oxygen atoms in total. The maximum Gasteiger partial charge on any atom is 0.131 e. The second-order valence-electron chi connectivity index (χ2n) is 8.45. The fourth-order valence-corrected chi connectivity index (χ4v) is 4.60. The predicted octanol–water partition coefficient (Wildman–Crippen LogP) is 8.12. The second-order valence-corrected chi connectivity index (χ2v) is 8.45. The number of rotatable bonds is 8. The largest absolute Gasteiger partial charge is 0.496 e. The van der Waals surface area contributed by atoms with E-state index >= 15 is 0 Å². The first-order valence-electron chi connectivity index (χ1n) is 11.9. The van der Waals surface area contributed by atoms with Gasteiger partial charge in [-0.1, -0.05) is 127 Å². The van der Waals surface area contributed by atoms with Crippen LogP contribution in [0.1, 0.15) is 28.2 Å². The Bertz CT molecular complexity index is 1360. The van der Waals surface area contributed by atoms with Gasteiger partial charge in [0.15, 0.2) is 0 Å². The highest BCUT2D eigenvalue weighted by molar-refractivity contribution is 5.74. The maximum absolute atomic E-state index is 6.67. The van der Waals surface area contributed by atoms with Crippen molar-refractivity contribution in [3.8, 4) is 22.6 Å². The lowest BCUT2D eigenvalue weighted by atomic mass is 9.82. The van der Waals surface area contributed by atoms with Crippen LogP contribution < -0.4 is 9.47 Å². The van der Waals surface area contributed by atoms with Gasteiger partial charge in [-0.15, -0.1) is 0 Å². The normalized spacial score (nSPS) is 11.6. The van der Waals surface area contributed by atoms with Crippen LogP contribution in [0.3, 0.4) is 0 Å². The Kier molecular flexibility index (Phi) is 6.91. The van der Waals surface area contributed by atoms with Crippen molar-refractivity contribution in [3.05, 3.63) is 156 Å². The van der Waals surface area contributed by atoms with Crippen molar-refractivity contribution in [3.63, 3.8) is 0 Å². The van der Waals surface area contributed by atoms with Crippen LogP contribution in [0.5, 0.6) is 11.5 Å². The van der Waals surface area contributed by atoms with Crippen molar-refractivity contribution in [1.29, 1.82) is 0 Å². The first-order valence-corrected chi connectivity index (χ1v) is 11.9. The summed E-state index contributed by atoms with van der Waals surface area (Å²) in [6.07, 6.45) is 0. The molecule has 0 aliphatic carbocycles. The third kappa shape index (κ3) is 4.97. The third-order valence-corrected chi connectivity index (χ3v) is 6.25. The molecule has 2 heteroatoms. The molecule has 5 rings (SSSR count). The molecule has 0 radical (unpaired) electrons. The number of hydrogen-bond donors (Lipinski definition) is 0. The van der Waals surface area contributed by atoms with Crippen molar-refractivity contribution in [2.45, 2.75) is 12.5 Å². The molecule has 0 bridgehead atoms. The standard InChI is InChI=1S/C33H28O2/c1-34-31-23-12-11-20-29(31)32(27-18-9-4-10-19-27)30-22-13-21-28(26-16-7-3-8-17-26)33(30)35-24-25-14-5-2-6-15-25/h2-23,32H,24H2,1H3. The Labute approximate surface area is 207 Å². The van der Waals surface area contributed by atoms with Gasteiger partial charge in [0.25, 0.3) is 0 Å². The Morgan fingerprint density at radius 3 is 1.89 bits per heavy atom. The predicted molar refractivity (Wildman–Crippen MR) is 143 cm³/mol. The number of ether oxygens (including phenoxy) is 2. The molecule has 1 unspecified atom stereocenters. The first-order chi connectivity index (χ1) is 17.3. The van der Waals surface area contributed by atoms with E-state index in [1.54, 1.807) is 7.11 Å². The van der Waals surface area contributed by atoms with E-state index in [9.17, 15) is 0 Å². The highest BCUT2D eigenvalue weighted by Crippen LogP contribution is 2.44. The van der Waals surface area contributed by atoms with Gasteiger partial charge < -0.3 is 9.47 Å². The third-order valence-electron chi connectivity index (χ3n) is 6.25. The Balaban J connectivity index is 1.71. The number of benzene rings is 5. The summed E-state index contributed by atoms with van der Waals surface area (Å²) in [6, 6.07) is 46.0. The van der Waals surface area contributed by atoms with Gasteiger partial charge in [-0.05, 0) is 22.8 Å². The van der Waals surface area contributed by atoms with E-state index in [1.807, 2.05) is 36.4 Å². The van der Waals surface area contributed by atoms with Crippen LogP contribution in [0.2, 0.25) is 0 Å². The number of para-hydroxylation sites is 2. The minimum atomic E-state index is -0.0539. The summed E-state index contributed by atoms with van der Waals surface area (Å²) in [7, 11) is 1.73. The molecule has 0 heterocycles. The smallest absolute Gasteiger partial charge is 0.131 e. The zero-order valence-electron chi connectivity index (χ0n) is 19.8. The van der Waals surface area contributed by atoms with Gasteiger partial charge in [0.2, 0.25) is 0 Å². The Morgan fingerprint density at radius 2 is 1.17 bits per heavy atom. The van der Waals surface area contributed by atoms with Crippen molar-refractivity contribution in [2.24, 2.45) is 0 Å². The molecule has 0 fully saturated rings. The summed E-state index contributed by atoms with van der Waals surface area (Å²) < 4.78 is 12.5. The molecule has 0 N–H and O–H groups in total. The number of methoxy groups -OCH3 is 1. The molecule has 172 valence electrons. The summed E-state index contributed by atoms with van der Waals surface area (Å²) in [6.45, 7) is 0.491. The van der Waals surface area contributed by atoms with Crippen molar-refractivity contribution < 1.29 is 9.47 Å². The molecule has 0 aliphatic rings. The van der Waals surface area contributed by atoms with Crippen LogP contribution in [-0.2, 0) is 6.61 Å². The molecule has 5 aromatic carbocycles. The van der Waals surface area contributed by atoms with E-state index in [0.717, 1.165) is 39.3 Å². The summed E-state index contributed by atoms with van der Waals surface area (Å²) in [5, 5.41) is 0. The van der Waals surface area contributed by atoms with Crippen LogP contribution in [0.25, 0.3) is 11.1 Å². The quantitative estimate of drug-likeness (QED) is 0.220. The van der Waals surface area contributed by atoms with Crippen molar-refractivity contribution in [1.82, 2.24) is 0 Å². The summed E-state index contributed by atoms with van der Waals surface area (Å²) in [5.74, 6) is 1.70. The van der Waals surface area contributed by atoms with E-state index < -0.39 is 0 Å². The van der Waals surface area contributed by atoms with Gasteiger partial charge in [-0.25, -0.2) is 0 Å². The topological polar surface area (TPSA) is 18.5 Å². The van der Waals surface area contributed by atoms with Crippen LogP contribution in [0, 0.1) is 0 Å². The Morgan fingerprint density at radius 1 is 0.571 bits per heavy atom. The van der Waals surface area contributed by atoms with Crippen LogP contribution in [-0.4, -0.2) is 7.11 Å². The molecule has 0 amide bonds. The van der Waals surface area contributed by atoms with Crippen LogP contribution in [0.15, 0.2) is 133 Å². The average Bonchev–Trinajstić information content (AvgIpc) is 2.94. The molecular formula is C33H28O2. The maximum atomic E-state index is 6.67. The van der Waals surface area contributed by atoms with Crippen molar-refractivity contribution >= 4 is 0 Å². The minimum Gasteiger partial charge on any atom is -0.496 e. The minimum absolute atomic E-state index is 0.0539. The zero-order chi connectivity index (χ0) is 23.9. The van der Waals surface area contributed by atoms with Gasteiger partial charge in [-0.2, -0.15) is 0 Å². The SMILES string of the molecule is COc1ccccc1C(c1ccccc1)c1cccc(-c2ccccc2)c1OCc1ccccc1. The van der Waals surface area contributed by atoms with Gasteiger partial charge in [0.1, 0.15) is 18.1 Å². The van der Waals surface area contributed by atoms with Gasteiger partial charge in [0.05, 0.1) is 7.11 Å². The molecule has 0 spiro atoms. The lowest BCUT2D eigenvalue weighted by molar-refractivity contribution is 0.303. The monoisotopic (exact) mass is 456 g/mol. The molecule has 0 saturated carbocycles. The van der Waals surface area contributed by atoms with E-state index in [2.05, 4.69) is 97.1 Å². The van der Waals surface area contributed by atoms with Crippen LogP contribution in [0.4, 0.5) is 0 Å². The van der Waals surface area contributed by atoms with Gasteiger partial charge in [-0.3, -0.25) is 0 Å².